The fourth-order valence-electron chi connectivity index (χ4n) is 1.66. The van der Waals surface area contributed by atoms with Gasteiger partial charge in [-0.15, -0.1) is 0 Å². The number of aromatic amines is 1. The number of carbonyl (C=O) groups excluding carboxylic acids is 1. The lowest BCUT2D eigenvalue weighted by Gasteiger charge is -2.07. The minimum absolute atomic E-state index is 0.360. The summed E-state index contributed by atoms with van der Waals surface area (Å²) in [4.78, 5) is 13.9. The van der Waals surface area contributed by atoms with E-state index in [9.17, 15) is 4.79 Å². The molecule has 0 unspecified atom stereocenters. The van der Waals surface area contributed by atoms with Gasteiger partial charge in [0.2, 0.25) is 0 Å². The number of fused-ring (bicyclic) bond motifs is 1. The predicted octanol–water partition coefficient (Wildman–Crippen LogP) is 2.11. The zero-order valence-electron chi connectivity index (χ0n) is 9.87. The molecule has 0 amide bonds. The van der Waals surface area contributed by atoms with Crippen molar-refractivity contribution >= 4 is 16.9 Å². The molecule has 0 bridgehead atoms. The Kier molecular flexibility index (Phi) is 2.91. The first-order valence-corrected chi connectivity index (χ1v) is 5.07. The summed E-state index contributed by atoms with van der Waals surface area (Å²) in [6, 6.07) is 3.56. The van der Waals surface area contributed by atoms with E-state index in [0.717, 1.165) is 10.9 Å². The lowest BCUT2D eigenvalue weighted by molar-refractivity contribution is -0.131. The third kappa shape index (κ3) is 2.04. The first-order valence-electron chi connectivity index (χ1n) is 5.07. The highest BCUT2D eigenvalue weighted by atomic mass is 16.5. The predicted molar refractivity (Wildman–Crippen MR) is 62.7 cm³/mol. The van der Waals surface area contributed by atoms with Crippen LogP contribution in [0.4, 0.5) is 0 Å². The lowest BCUT2D eigenvalue weighted by Crippen LogP contribution is -2.00. The summed E-state index contributed by atoms with van der Waals surface area (Å²) in [6.07, 6.45) is 1.63. The highest BCUT2D eigenvalue weighted by molar-refractivity contribution is 5.91. The van der Waals surface area contributed by atoms with Gasteiger partial charge in [-0.3, -0.25) is 4.79 Å². The average molecular weight is 235 g/mol. The smallest absolute Gasteiger partial charge is 0.308 e. The van der Waals surface area contributed by atoms with Crippen molar-refractivity contribution in [2.24, 2.45) is 0 Å². The van der Waals surface area contributed by atoms with E-state index >= 15 is 0 Å². The van der Waals surface area contributed by atoms with Crippen LogP contribution < -0.4 is 14.2 Å². The third-order valence-corrected chi connectivity index (χ3v) is 2.40. The van der Waals surface area contributed by atoms with Gasteiger partial charge in [-0.05, 0) is 6.07 Å². The Hall–Kier alpha value is -2.17. The number of esters is 1. The summed E-state index contributed by atoms with van der Waals surface area (Å²) in [7, 11) is 3.13. The van der Waals surface area contributed by atoms with Gasteiger partial charge in [0.15, 0.2) is 17.2 Å². The minimum Gasteiger partial charge on any atom is -0.493 e. The summed E-state index contributed by atoms with van der Waals surface area (Å²) >= 11 is 0. The number of hydrogen-bond acceptors (Lipinski definition) is 4. The van der Waals surface area contributed by atoms with Gasteiger partial charge < -0.3 is 19.2 Å². The number of methoxy groups -OCH3 is 2. The number of rotatable bonds is 3. The van der Waals surface area contributed by atoms with Crippen LogP contribution in [0.25, 0.3) is 10.9 Å². The summed E-state index contributed by atoms with van der Waals surface area (Å²) in [5.74, 6) is 1.33. The van der Waals surface area contributed by atoms with Crippen molar-refractivity contribution in [1.82, 2.24) is 4.98 Å². The van der Waals surface area contributed by atoms with E-state index in [0.29, 0.717) is 17.2 Å². The molecular formula is C12H13NO4. The Bertz CT molecular complexity index is 559. The minimum atomic E-state index is -0.360. The largest absolute Gasteiger partial charge is 0.493 e. The number of aromatic nitrogens is 1. The van der Waals surface area contributed by atoms with Crippen LogP contribution in [0.15, 0.2) is 18.3 Å². The SMILES string of the molecule is COc1cc2[nH]cc(OC(C)=O)c2cc1OC. The van der Waals surface area contributed by atoms with Crippen LogP contribution in [0.1, 0.15) is 6.92 Å². The molecule has 0 spiro atoms. The maximum absolute atomic E-state index is 10.9. The number of benzene rings is 1. The molecule has 1 N–H and O–H groups in total. The van der Waals surface area contributed by atoms with Crippen molar-refractivity contribution in [3.63, 3.8) is 0 Å². The molecule has 17 heavy (non-hydrogen) atoms. The topological polar surface area (TPSA) is 60.5 Å². The van der Waals surface area contributed by atoms with Gasteiger partial charge in [0.05, 0.1) is 19.7 Å². The monoisotopic (exact) mass is 235 g/mol. The molecule has 5 nitrogen and oxygen atoms in total. The number of H-pyrrole nitrogens is 1. The molecule has 2 aromatic rings. The molecular weight excluding hydrogens is 222 g/mol. The summed E-state index contributed by atoms with van der Waals surface area (Å²) < 4.78 is 15.5. The van der Waals surface area contributed by atoms with Gasteiger partial charge in [0.25, 0.3) is 0 Å². The van der Waals surface area contributed by atoms with Crippen molar-refractivity contribution in [3.05, 3.63) is 18.3 Å². The van der Waals surface area contributed by atoms with Crippen LogP contribution in [0.5, 0.6) is 17.2 Å². The Balaban J connectivity index is 2.56. The van der Waals surface area contributed by atoms with E-state index in [1.54, 1.807) is 32.5 Å². The molecule has 5 heteroatoms. The fourth-order valence-corrected chi connectivity index (χ4v) is 1.66. The molecule has 0 saturated heterocycles. The zero-order chi connectivity index (χ0) is 12.4. The number of carbonyl (C=O) groups is 1. The molecule has 2 rings (SSSR count). The Morgan fingerprint density at radius 1 is 1.12 bits per heavy atom. The van der Waals surface area contributed by atoms with Crippen LogP contribution >= 0.6 is 0 Å². The van der Waals surface area contributed by atoms with Crippen LogP contribution in [-0.4, -0.2) is 25.2 Å². The molecule has 0 radical (unpaired) electrons. The number of nitrogens with one attached hydrogen (secondary N) is 1. The van der Waals surface area contributed by atoms with Gasteiger partial charge in [0.1, 0.15) is 0 Å². The first-order chi connectivity index (χ1) is 8.15. The van der Waals surface area contributed by atoms with Gasteiger partial charge in [-0.1, -0.05) is 0 Å². The van der Waals surface area contributed by atoms with Crippen molar-refractivity contribution < 1.29 is 19.0 Å². The fraction of sp³-hybridized carbons (Fsp3) is 0.250. The molecule has 0 aliphatic heterocycles. The van der Waals surface area contributed by atoms with Crippen LogP contribution in [0, 0.1) is 0 Å². The van der Waals surface area contributed by atoms with E-state index < -0.39 is 0 Å². The molecule has 1 heterocycles. The highest BCUT2D eigenvalue weighted by Crippen LogP contribution is 2.36. The highest BCUT2D eigenvalue weighted by Gasteiger charge is 2.12. The van der Waals surface area contributed by atoms with Gasteiger partial charge in [0, 0.05) is 24.6 Å². The molecule has 0 aliphatic carbocycles. The third-order valence-electron chi connectivity index (χ3n) is 2.40. The average Bonchev–Trinajstić information content (AvgIpc) is 2.69. The van der Waals surface area contributed by atoms with Gasteiger partial charge in [-0.2, -0.15) is 0 Å². The maximum atomic E-state index is 10.9. The van der Waals surface area contributed by atoms with E-state index in [-0.39, 0.29) is 5.97 Å². The molecule has 0 atom stereocenters. The molecule has 1 aromatic carbocycles. The van der Waals surface area contributed by atoms with Crippen molar-refractivity contribution in [1.29, 1.82) is 0 Å². The molecule has 1 aromatic heterocycles. The van der Waals surface area contributed by atoms with Crippen molar-refractivity contribution in [2.75, 3.05) is 14.2 Å². The second-order valence-corrected chi connectivity index (χ2v) is 3.50. The summed E-state index contributed by atoms with van der Waals surface area (Å²) in [5, 5.41) is 0.776. The Morgan fingerprint density at radius 3 is 2.35 bits per heavy atom. The number of hydrogen-bond donors (Lipinski definition) is 1. The first kappa shape index (κ1) is 11.3. The standard InChI is InChI=1S/C12H13NO4/c1-7(14)17-12-6-13-9-5-11(16-3)10(15-2)4-8(9)12/h4-6,13H,1-3H3. The Labute approximate surface area is 98.3 Å². The van der Waals surface area contributed by atoms with Gasteiger partial charge in [-0.25, -0.2) is 0 Å². The van der Waals surface area contributed by atoms with Crippen LogP contribution in [0.3, 0.4) is 0 Å². The van der Waals surface area contributed by atoms with Crippen molar-refractivity contribution in [3.8, 4) is 17.2 Å². The Morgan fingerprint density at radius 2 is 1.76 bits per heavy atom. The molecule has 0 fully saturated rings. The summed E-state index contributed by atoms with van der Waals surface area (Å²) in [6.45, 7) is 1.36. The van der Waals surface area contributed by atoms with Crippen molar-refractivity contribution in [2.45, 2.75) is 6.92 Å². The van der Waals surface area contributed by atoms with Gasteiger partial charge >= 0.3 is 5.97 Å². The van der Waals surface area contributed by atoms with Crippen LogP contribution in [-0.2, 0) is 4.79 Å². The molecule has 0 saturated carbocycles. The van der Waals surface area contributed by atoms with E-state index in [4.69, 9.17) is 14.2 Å². The summed E-state index contributed by atoms with van der Waals surface area (Å²) in [5.41, 5.74) is 0.818. The quantitative estimate of drug-likeness (QED) is 0.828. The zero-order valence-corrected chi connectivity index (χ0v) is 9.87. The lowest BCUT2D eigenvalue weighted by atomic mass is 10.2. The second kappa shape index (κ2) is 4.37. The van der Waals surface area contributed by atoms with E-state index in [1.807, 2.05) is 0 Å². The maximum Gasteiger partial charge on any atom is 0.308 e. The van der Waals surface area contributed by atoms with E-state index in [1.165, 1.54) is 6.92 Å². The van der Waals surface area contributed by atoms with Crippen LogP contribution in [0.2, 0.25) is 0 Å². The van der Waals surface area contributed by atoms with E-state index in [2.05, 4.69) is 4.98 Å². The normalized spacial score (nSPS) is 10.3. The molecule has 90 valence electrons. The number of ether oxygens (including phenoxy) is 3. The second-order valence-electron chi connectivity index (χ2n) is 3.50. The molecule has 0 aliphatic rings.